The number of hydrazone groups is 1. The van der Waals surface area contributed by atoms with E-state index < -0.39 is 11.8 Å². The van der Waals surface area contributed by atoms with Crippen LogP contribution in [0.4, 0.5) is 5.69 Å². The Balaban J connectivity index is 1.57. The van der Waals surface area contributed by atoms with Gasteiger partial charge < -0.3 is 14.8 Å². The van der Waals surface area contributed by atoms with Crippen LogP contribution in [0.1, 0.15) is 5.56 Å². The second kappa shape index (κ2) is 9.70. The van der Waals surface area contributed by atoms with Crippen molar-refractivity contribution < 1.29 is 19.1 Å². The molecule has 0 atom stereocenters. The highest BCUT2D eigenvalue weighted by Crippen LogP contribution is 2.23. The van der Waals surface area contributed by atoms with E-state index in [4.69, 9.17) is 9.47 Å². The van der Waals surface area contributed by atoms with E-state index in [1.807, 2.05) is 36.4 Å². The first-order valence-corrected chi connectivity index (χ1v) is 8.76. The monoisotopic (exact) mass is 389 g/mol. The van der Waals surface area contributed by atoms with Gasteiger partial charge in [0.2, 0.25) is 0 Å². The highest BCUT2D eigenvalue weighted by Gasteiger charge is 2.14. The molecular weight excluding hydrogens is 370 g/mol. The Morgan fingerprint density at radius 3 is 2.38 bits per heavy atom. The molecule has 3 aromatic carbocycles. The van der Waals surface area contributed by atoms with Gasteiger partial charge in [-0.05, 0) is 42.0 Å². The molecular formula is C22H19N3O4. The lowest BCUT2D eigenvalue weighted by Crippen LogP contribution is -2.32. The van der Waals surface area contributed by atoms with Gasteiger partial charge in [0.25, 0.3) is 0 Å². The first kappa shape index (κ1) is 19.6. The molecule has 3 aromatic rings. The van der Waals surface area contributed by atoms with Crippen LogP contribution in [0, 0.1) is 0 Å². The summed E-state index contributed by atoms with van der Waals surface area (Å²) < 4.78 is 10.9. The van der Waals surface area contributed by atoms with E-state index in [-0.39, 0.29) is 0 Å². The van der Waals surface area contributed by atoms with Crippen LogP contribution >= 0.6 is 0 Å². The molecule has 0 saturated carbocycles. The standard InChI is InChI=1S/C22H19N3O4/c1-28-20-13-6-5-12-19(20)24-21(26)22(27)25-23-15-16-8-7-11-18(14-16)29-17-9-3-2-4-10-17/h2-15H,1H3,(H,24,26)(H,25,27). The van der Waals surface area contributed by atoms with Crippen molar-refractivity contribution in [1.82, 2.24) is 5.43 Å². The molecule has 2 amide bonds. The predicted octanol–water partition coefficient (Wildman–Crippen LogP) is 3.58. The van der Waals surface area contributed by atoms with E-state index in [1.165, 1.54) is 13.3 Å². The largest absolute Gasteiger partial charge is 0.495 e. The fourth-order valence-corrected chi connectivity index (χ4v) is 2.43. The molecule has 0 radical (unpaired) electrons. The summed E-state index contributed by atoms with van der Waals surface area (Å²) >= 11 is 0. The number of ether oxygens (including phenoxy) is 2. The van der Waals surface area contributed by atoms with Gasteiger partial charge in [-0.3, -0.25) is 9.59 Å². The van der Waals surface area contributed by atoms with Crippen LogP contribution in [0.5, 0.6) is 17.2 Å². The number of anilines is 1. The summed E-state index contributed by atoms with van der Waals surface area (Å²) in [4.78, 5) is 24.0. The number of methoxy groups -OCH3 is 1. The van der Waals surface area contributed by atoms with Crippen LogP contribution in [0.15, 0.2) is 84.0 Å². The van der Waals surface area contributed by atoms with Gasteiger partial charge in [0.05, 0.1) is 19.0 Å². The maximum Gasteiger partial charge on any atom is 0.329 e. The average molecular weight is 389 g/mol. The van der Waals surface area contributed by atoms with Gasteiger partial charge >= 0.3 is 11.8 Å². The number of para-hydroxylation sites is 3. The van der Waals surface area contributed by atoms with Crippen molar-refractivity contribution in [3.8, 4) is 17.2 Å². The number of carbonyl (C=O) groups excluding carboxylic acids is 2. The first-order chi connectivity index (χ1) is 14.2. The van der Waals surface area contributed by atoms with Crippen LogP contribution in [-0.2, 0) is 9.59 Å². The second-order valence-corrected chi connectivity index (χ2v) is 5.84. The van der Waals surface area contributed by atoms with Crippen LogP contribution in [-0.4, -0.2) is 25.1 Å². The lowest BCUT2D eigenvalue weighted by atomic mass is 10.2. The third kappa shape index (κ3) is 5.67. The molecule has 3 rings (SSSR count). The van der Waals surface area contributed by atoms with E-state index in [9.17, 15) is 9.59 Å². The maximum atomic E-state index is 12.0. The Bertz CT molecular complexity index is 1020. The van der Waals surface area contributed by atoms with E-state index in [0.717, 1.165) is 0 Å². The molecule has 0 spiro atoms. The Kier molecular flexibility index (Phi) is 6.57. The molecule has 7 nitrogen and oxygen atoms in total. The highest BCUT2D eigenvalue weighted by molar-refractivity contribution is 6.39. The zero-order valence-corrected chi connectivity index (χ0v) is 15.7. The van der Waals surface area contributed by atoms with Crippen molar-refractivity contribution in [2.24, 2.45) is 5.10 Å². The normalized spacial score (nSPS) is 10.4. The van der Waals surface area contributed by atoms with E-state index in [2.05, 4.69) is 15.8 Å². The smallest absolute Gasteiger partial charge is 0.329 e. The number of rotatable bonds is 6. The number of amides is 2. The van der Waals surface area contributed by atoms with E-state index >= 15 is 0 Å². The van der Waals surface area contributed by atoms with Crippen LogP contribution < -0.4 is 20.2 Å². The topological polar surface area (TPSA) is 89.0 Å². The molecule has 0 bridgehead atoms. The first-order valence-electron chi connectivity index (χ1n) is 8.76. The quantitative estimate of drug-likeness (QED) is 0.383. The fraction of sp³-hybridized carbons (Fsp3) is 0.0455. The lowest BCUT2D eigenvalue weighted by Gasteiger charge is -2.08. The van der Waals surface area contributed by atoms with Gasteiger partial charge in [0.15, 0.2) is 0 Å². The van der Waals surface area contributed by atoms with E-state index in [0.29, 0.717) is 28.5 Å². The number of hydrogen-bond acceptors (Lipinski definition) is 5. The van der Waals surface area contributed by atoms with Gasteiger partial charge in [-0.2, -0.15) is 5.10 Å². The number of carbonyl (C=O) groups is 2. The minimum absolute atomic E-state index is 0.393. The van der Waals surface area contributed by atoms with Crippen LogP contribution in [0.2, 0.25) is 0 Å². The predicted molar refractivity (Wildman–Crippen MR) is 110 cm³/mol. The molecule has 0 aliphatic rings. The van der Waals surface area contributed by atoms with Crippen LogP contribution in [0.3, 0.4) is 0 Å². The average Bonchev–Trinajstić information content (AvgIpc) is 2.75. The molecule has 2 N–H and O–H groups in total. The fourth-order valence-electron chi connectivity index (χ4n) is 2.43. The molecule has 0 fully saturated rings. The summed E-state index contributed by atoms with van der Waals surface area (Å²) in [6.45, 7) is 0. The van der Waals surface area contributed by atoms with E-state index in [1.54, 1.807) is 42.5 Å². The highest BCUT2D eigenvalue weighted by atomic mass is 16.5. The zero-order valence-electron chi connectivity index (χ0n) is 15.7. The number of hydrogen-bond donors (Lipinski definition) is 2. The van der Waals surface area contributed by atoms with Crippen molar-refractivity contribution >= 4 is 23.7 Å². The molecule has 0 unspecified atom stereocenters. The third-order valence-electron chi connectivity index (χ3n) is 3.78. The minimum Gasteiger partial charge on any atom is -0.495 e. The summed E-state index contributed by atoms with van der Waals surface area (Å²) in [5.74, 6) is 0.0346. The molecule has 0 aliphatic carbocycles. The SMILES string of the molecule is COc1ccccc1NC(=O)C(=O)NN=Cc1cccc(Oc2ccccc2)c1. The Hall–Kier alpha value is -4.13. The van der Waals surface area contributed by atoms with Crippen molar-refractivity contribution in [1.29, 1.82) is 0 Å². The molecule has 0 aromatic heterocycles. The summed E-state index contributed by atoms with van der Waals surface area (Å²) in [6.07, 6.45) is 1.42. The molecule has 0 saturated heterocycles. The lowest BCUT2D eigenvalue weighted by molar-refractivity contribution is -0.136. The molecule has 7 heteroatoms. The molecule has 29 heavy (non-hydrogen) atoms. The van der Waals surface area contributed by atoms with Gasteiger partial charge in [-0.1, -0.05) is 42.5 Å². The number of benzene rings is 3. The number of nitrogens with zero attached hydrogens (tertiary/aromatic N) is 1. The summed E-state index contributed by atoms with van der Waals surface area (Å²) in [5, 5.41) is 6.30. The number of nitrogens with one attached hydrogen (secondary N) is 2. The van der Waals surface area contributed by atoms with Crippen molar-refractivity contribution in [2.75, 3.05) is 12.4 Å². The molecule has 146 valence electrons. The van der Waals surface area contributed by atoms with Crippen molar-refractivity contribution in [3.63, 3.8) is 0 Å². The van der Waals surface area contributed by atoms with Gasteiger partial charge in [-0.15, -0.1) is 0 Å². The maximum absolute atomic E-state index is 12.0. The third-order valence-corrected chi connectivity index (χ3v) is 3.78. The summed E-state index contributed by atoms with van der Waals surface area (Å²) in [6, 6.07) is 23.3. The summed E-state index contributed by atoms with van der Waals surface area (Å²) in [5.41, 5.74) is 3.29. The second-order valence-electron chi connectivity index (χ2n) is 5.84. The minimum atomic E-state index is -0.899. The van der Waals surface area contributed by atoms with Crippen molar-refractivity contribution in [2.45, 2.75) is 0 Å². The van der Waals surface area contributed by atoms with Crippen molar-refractivity contribution in [3.05, 3.63) is 84.4 Å². The molecule has 0 heterocycles. The van der Waals surface area contributed by atoms with Gasteiger partial charge in [0, 0.05) is 0 Å². The Morgan fingerprint density at radius 2 is 1.59 bits per heavy atom. The Labute approximate surface area is 168 Å². The van der Waals surface area contributed by atoms with Crippen LogP contribution in [0.25, 0.3) is 0 Å². The van der Waals surface area contributed by atoms with Gasteiger partial charge in [0.1, 0.15) is 17.2 Å². The van der Waals surface area contributed by atoms with Gasteiger partial charge in [-0.25, -0.2) is 5.43 Å². The Morgan fingerprint density at radius 1 is 0.862 bits per heavy atom. The summed E-state index contributed by atoms with van der Waals surface area (Å²) in [7, 11) is 1.48. The zero-order chi connectivity index (χ0) is 20.5. The molecule has 0 aliphatic heterocycles.